The molecule has 0 spiro atoms. The molecule has 9 heteroatoms. The van der Waals surface area contributed by atoms with Gasteiger partial charge in [0.25, 0.3) is 0 Å². The van der Waals surface area contributed by atoms with Crippen LogP contribution in [0.3, 0.4) is 0 Å². The van der Waals surface area contributed by atoms with Crippen LogP contribution >= 0.6 is 11.6 Å². The summed E-state index contributed by atoms with van der Waals surface area (Å²) in [5.74, 6) is 0.953. The average molecular weight is 554 g/mol. The third-order valence-electron chi connectivity index (χ3n) is 7.47. The molecule has 1 aliphatic heterocycles. The molecule has 1 aliphatic carbocycles. The molecule has 204 valence electrons. The van der Waals surface area contributed by atoms with Crippen LogP contribution in [0.15, 0.2) is 77.2 Å². The van der Waals surface area contributed by atoms with Crippen LogP contribution in [0.1, 0.15) is 42.4 Å². The molecule has 0 bridgehead atoms. The molecule has 40 heavy (non-hydrogen) atoms. The number of amides is 2. The predicted molar refractivity (Wildman–Crippen MR) is 159 cm³/mol. The molecule has 2 amide bonds. The maximum atomic E-state index is 13.0. The van der Waals surface area contributed by atoms with Crippen LogP contribution in [0, 0.1) is 18.3 Å². The first-order valence-corrected chi connectivity index (χ1v) is 13.7. The van der Waals surface area contributed by atoms with E-state index in [2.05, 4.69) is 51.0 Å². The van der Waals surface area contributed by atoms with Gasteiger partial charge in [-0.2, -0.15) is 5.26 Å². The smallest absolute Gasteiger partial charge is 0.321 e. The lowest BCUT2D eigenvalue weighted by Crippen LogP contribution is -2.51. The maximum absolute atomic E-state index is 13.0. The summed E-state index contributed by atoms with van der Waals surface area (Å²) in [5, 5.41) is 12.7. The molecule has 2 aliphatic rings. The highest BCUT2D eigenvalue weighted by molar-refractivity contribution is 6.30. The fourth-order valence-electron chi connectivity index (χ4n) is 5.40. The number of piperazine rings is 1. The minimum Gasteiger partial charge on any atom is -0.331 e. The molecule has 1 atom stereocenters. The Morgan fingerprint density at radius 2 is 1.93 bits per heavy atom. The van der Waals surface area contributed by atoms with E-state index >= 15 is 0 Å². The summed E-state index contributed by atoms with van der Waals surface area (Å²) in [7, 11) is 0. The summed E-state index contributed by atoms with van der Waals surface area (Å²) in [5.41, 5.74) is 6.74. The van der Waals surface area contributed by atoms with Crippen molar-refractivity contribution >= 4 is 35.1 Å². The Labute approximate surface area is 239 Å². The van der Waals surface area contributed by atoms with E-state index in [1.165, 1.54) is 0 Å². The van der Waals surface area contributed by atoms with Crippen molar-refractivity contribution in [3.05, 3.63) is 99.7 Å². The molecule has 5 rings (SSSR count). The number of nitrogens with one attached hydrogen (secondary N) is 1. The first-order chi connectivity index (χ1) is 19.4. The van der Waals surface area contributed by atoms with Crippen LogP contribution in [-0.4, -0.2) is 57.8 Å². The van der Waals surface area contributed by atoms with Gasteiger partial charge in [0.05, 0.1) is 23.4 Å². The van der Waals surface area contributed by atoms with Gasteiger partial charge >= 0.3 is 6.03 Å². The SMILES string of the molecule is CC=NC1=C(C)C=C(Cn2ccnc2C)c2cc(Cl)ccc2C1N1CCN(C(=O)Nc2ccc(C#N)cc2)CC1. The van der Waals surface area contributed by atoms with Gasteiger partial charge in [0, 0.05) is 62.0 Å². The number of carbonyl (C=O) groups is 1. The van der Waals surface area contributed by atoms with Crippen molar-refractivity contribution in [3.8, 4) is 6.07 Å². The number of imidazole rings is 1. The number of urea groups is 1. The molecule has 2 heterocycles. The third kappa shape index (κ3) is 5.71. The van der Waals surface area contributed by atoms with Crippen LogP contribution in [0.5, 0.6) is 0 Å². The van der Waals surface area contributed by atoms with Gasteiger partial charge in [-0.3, -0.25) is 9.89 Å². The van der Waals surface area contributed by atoms with Crippen molar-refractivity contribution in [2.75, 3.05) is 31.5 Å². The predicted octanol–water partition coefficient (Wildman–Crippen LogP) is 6.07. The Balaban J connectivity index is 1.41. The monoisotopic (exact) mass is 553 g/mol. The van der Waals surface area contributed by atoms with E-state index < -0.39 is 0 Å². The van der Waals surface area contributed by atoms with Gasteiger partial charge in [-0.25, -0.2) is 9.78 Å². The summed E-state index contributed by atoms with van der Waals surface area (Å²) in [6, 6.07) is 14.9. The number of aromatic nitrogens is 2. The van der Waals surface area contributed by atoms with Crippen molar-refractivity contribution in [1.29, 1.82) is 5.26 Å². The van der Waals surface area contributed by atoms with E-state index in [0.29, 0.717) is 49.0 Å². The van der Waals surface area contributed by atoms with Gasteiger partial charge in [0.1, 0.15) is 5.82 Å². The number of halogens is 1. The van der Waals surface area contributed by atoms with Gasteiger partial charge in [0.15, 0.2) is 0 Å². The second-order valence-electron chi connectivity index (χ2n) is 10.0. The number of rotatable bonds is 5. The van der Waals surface area contributed by atoms with E-state index in [0.717, 1.165) is 33.8 Å². The van der Waals surface area contributed by atoms with E-state index in [1.54, 1.807) is 24.3 Å². The lowest BCUT2D eigenvalue weighted by Gasteiger charge is -2.40. The number of nitrogens with zero attached hydrogens (tertiary/aromatic N) is 6. The zero-order chi connectivity index (χ0) is 28.2. The quantitative estimate of drug-likeness (QED) is 0.388. The molecule has 1 fully saturated rings. The van der Waals surface area contributed by atoms with Crippen molar-refractivity contribution in [3.63, 3.8) is 0 Å². The minimum absolute atomic E-state index is 0.0789. The van der Waals surface area contributed by atoms with Crippen LogP contribution in [0.4, 0.5) is 10.5 Å². The van der Waals surface area contributed by atoms with Crippen molar-refractivity contribution in [2.45, 2.75) is 33.4 Å². The zero-order valence-electron chi connectivity index (χ0n) is 22.9. The molecule has 1 saturated heterocycles. The largest absolute Gasteiger partial charge is 0.331 e. The second-order valence-corrected chi connectivity index (χ2v) is 10.4. The Morgan fingerprint density at radius 1 is 1.18 bits per heavy atom. The Hall–Kier alpha value is -4.19. The molecular formula is C31H32ClN7O. The molecule has 1 unspecified atom stereocenters. The summed E-state index contributed by atoms with van der Waals surface area (Å²) >= 11 is 6.54. The number of aryl methyl sites for hydroxylation is 1. The highest BCUT2D eigenvalue weighted by Crippen LogP contribution is 2.41. The summed E-state index contributed by atoms with van der Waals surface area (Å²) in [6.45, 7) is 9.29. The molecule has 1 aromatic heterocycles. The van der Waals surface area contributed by atoms with Crippen molar-refractivity contribution in [2.24, 2.45) is 4.99 Å². The van der Waals surface area contributed by atoms with Crippen LogP contribution in [0.25, 0.3) is 5.57 Å². The first-order valence-electron chi connectivity index (χ1n) is 13.4. The van der Waals surface area contributed by atoms with Gasteiger partial charge < -0.3 is 14.8 Å². The molecule has 0 radical (unpaired) electrons. The van der Waals surface area contributed by atoms with Gasteiger partial charge in [0.2, 0.25) is 0 Å². The third-order valence-corrected chi connectivity index (χ3v) is 7.71. The van der Waals surface area contributed by atoms with E-state index in [1.807, 2.05) is 43.4 Å². The minimum atomic E-state index is -0.143. The fraction of sp³-hybridized carbons (Fsp3) is 0.290. The fourth-order valence-corrected chi connectivity index (χ4v) is 5.57. The molecule has 3 aromatic rings. The standard InChI is InChI=1S/C31H32ClN7O/c1-4-34-29-21(2)17-24(20-39-12-11-35-22(39)3)28-18-25(32)7-10-27(28)30(29)37-13-15-38(16-14-37)31(40)36-26-8-5-23(19-33)6-9-26/h4-12,17-18,30H,13-16,20H2,1-3H3,(H,36,40). The Bertz CT molecular complexity index is 1540. The average Bonchev–Trinajstić information content (AvgIpc) is 3.33. The van der Waals surface area contributed by atoms with Gasteiger partial charge in [-0.05, 0) is 79.4 Å². The summed E-state index contributed by atoms with van der Waals surface area (Å²) in [6.07, 6.45) is 7.88. The number of allylic oxidation sites excluding steroid dienone is 3. The van der Waals surface area contributed by atoms with E-state index in [4.69, 9.17) is 21.9 Å². The van der Waals surface area contributed by atoms with Crippen LogP contribution < -0.4 is 5.32 Å². The Morgan fingerprint density at radius 3 is 2.58 bits per heavy atom. The molecule has 0 saturated carbocycles. The number of carbonyl (C=O) groups excluding carboxylic acids is 1. The molecule has 1 N–H and O–H groups in total. The van der Waals surface area contributed by atoms with E-state index in [-0.39, 0.29) is 12.1 Å². The highest BCUT2D eigenvalue weighted by atomic mass is 35.5. The molecule has 8 nitrogen and oxygen atoms in total. The normalized spacial score (nSPS) is 17.8. The van der Waals surface area contributed by atoms with Crippen molar-refractivity contribution in [1.82, 2.24) is 19.4 Å². The van der Waals surface area contributed by atoms with E-state index in [9.17, 15) is 4.79 Å². The maximum Gasteiger partial charge on any atom is 0.321 e. The number of hydrogen-bond donors (Lipinski definition) is 1. The molecular weight excluding hydrogens is 522 g/mol. The van der Waals surface area contributed by atoms with Crippen molar-refractivity contribution < 1.29 is 4.79 Å². The summed E-state index contributed by atoms with van der Waals surface area (Å²) < 4.78 is 2.14. The zero-order valence-corrected chi connectivity index (χ0v) is 23.7. The topological polar surface area (TPSA) is 89.6 Å². The lowest BCUT2D eigenvalue weighted by molar-refractivity contribution is 0.124. The number of nitriles is 1. The number of benzene rings is 2. The Kier molecular flexibility index (Phi) is 8.15. The van der Waals surface area contributed by atoms with Crippen LogP contribution in [-0.2, 0) is 6.54 Å². The highest BCUT2D eigenvalue weighted by Gasteiger charge is 2.33. The van der Waals surface area contributed by atoms with Gasteiger partial charge in [-0.15, -0.1) is 0 Å². The van der Waals surface area contributed by atoms with Gasteiger partial charge in [-0.1, -0.05) is 23.7 Å². The number of fused-ring (bicyclic) bond motifs is 1. The first kappa shape index (κ1) is 27.4. The number of anilines is 1. The second kappa shape index (κ2) is 11.9. The summed E-state index contributed by atoms with van der Waals surface area (Å²) in [4.78, 5) is 26.5. The molecule has 2 aromatic carbocycles. The number of hydrogen-bond acceptors (Lipinski definition) is 5. The number of aliphatic imine (C=N–C) groups is 1. The van der Waals surface area contributed by atoms with Crippen LogP contribution in [0.2, 0.25) is 5.02 Å². The lowest BCUT2D eigenvalue weighted by atomic mass is 9.93.